The fourth-order valence-corrected chi connectivity index (χ4v) is 3.82. The molecule has 0 amide bonds. The van der Waals surface area contributed by atoms with Crippen LogP contribution in [0.2, 0.25) is 0 Å². The Balaban J connectivity index is 1.90. The summed E-state index contributed by atoms with van der Waals surface area (Å²) in [6.45, 7) is 25.1. The van der Waals surface area contributed by atoms with E-state index in [0.29, 0.717) is 23.0 Å². The zero-order valence-electron chi connectivity index (χ0n) is 21.0. The first-order valence-electron chi connectivity index (χ1n) is 11.3. The first-order valence-corrected chi connectivity index (χ1v) is 11.3. The van der Waals surface area contributed by atoms with Crippen molar-refractivity contribution in [3.05, 3.63) is 94.2 Å². The summed E-state index contributed by atoms with van der Waals surface area (Å²) in [7, 11) is 0. The number of imidazole rings is 2. The fraction of sp³-hybridized carbons (Fsp3) is 0.259. The highest BCUT2D eigenvalue weighted by Crippen LogP contribution is 2.36. The van der Waals surface area contributed by atoms with Crippen molar-refractivity contribution >= 4 is 11.6 Å². The molecule has 4 rings (SSSR count). The molecule has 180 valence electrons. The van der Waals surface area contributed by atoms with Gasteiger partial charge in [-0.25, -0.2) is 19.5 Å². The summed E-state index contributed by atoms with van der Waals surface area (Å²) in [6.07, 6.45) is 2.85. The standard InChI is InChI=1S/C27H22N10/c1-26(2,3)17-11-21(35-23(12-17)37-16-33-24(30-6)25(37)31-7)27(4,5)20-9-8-10-22(34-20)36-15-32-18(13-28)19(36)14-29/h8-12,15-16H,1-5H3. The summed E-state index contributed by atoms with van der Waals surface area (Å²) in [6, 6.07) is 13.3. The Morgan fingerprint density at radius 1 is 0.838 bits per heavy atom. The quantitative estimate of drug-likeness (QED) is 0.361. The summed E-state index contributed by atoms with van der Waals surface area (Å²) in [5, 5.41) is 18.8. The van der Waals surface area contributed by atoms with Crippen molar-refractivity contribution in [1.82, 2.24) is 29.1 Å². The second-order valence-electron chi connectivity index (χ2n) is 9.88. The molecule has 0 saturated heterocycles. The topological polar surface area (TPSA) is 118 Å². The molecule has 0 aliphatic rings. The van der Waals surface area contributed by atoms with Gasteiger partial charge in [-0.1, -0.05) is 45.0 Å². The molecule has 0 N–H and O–H groups in total. The summed E-state index contributed by atoms with van der Waals surface area (Å²) in [5.41, 5.74) is 1.60. The highest BCUT2D eigenvalue weighted by Gasteiger charge is 2.31. The minimum Gasteiger partial charge on any atom is -0.373 e. The molecule has 4 aromatic rings. The van der Waals surface area contributed by atoms with E-state index in [4.69, 9.17) is 23.1 Å². The zero-order valence-corrected chi connectivity index (χ0v) is 21.0. The van der Waals surface area contributed by atoms with Crippen LogP contribution in [-0.4, -0.2) is 29.1 Å². The molecule has 10 heteroatoms. The molecule has 0 aliphatic heterocycles. The third-order valence-electron chi connectivity index (χ3n) is 6.10. The summed E-state index contributed by atoms with van der Waals surface area (Å²) >= 11 is 0. The van der Waals surface area contributed by atoms with Gasteiger partial charge in [0, 0.05) is 11.5 Å². The van der Waals surface area contributed by atoms with Crippen molar-refractivity contribution in [2.45, 2.75) is 45.4 Å². The average Bonchev–Trinajstić information content (AvgIpc) is 3.51. The third-order valence-corrected chi connectivity index (χ3v) is 6.10. The lowest BCUT2D eigenvalue weighted by atomic mass is 9.80. The van der Waals surface area contributed by atoms with Crippen molar-refractivity contribution in [2.75, 3.05) is 0 Å². The van der Waals surface area contributed by atoms with Gasteiger partial charge in [0.25, 0.3) is 18.0 Å². The van der Waals surface area contributed by atoms with Crippen LogP contribution in [0.15, 0.2) is 43.0 Å². The van der Waals surface area contributed by atoms with Gasteiger partial charge < -0.3 is 9.69 Å². The Morgan fingerprint density at radius 2 is 1.54 bits per heavy atom. The molecule has 0 aliphatic carbocycles. The van der Waals surface area contributed by atoms with Gasteiger partial charge in [-0.05, 0) is 43.0 Å². The molecule has 4 aromatic heterocycles. The lowest BCUT2D eigenvalue weighted by molar-refractivity contribution is 0.564. The molecule has 4 heterocycles. The van der Waals surface area contributed by atoms with E-state index in [0.717, 1.165) is 5.56 Å². The normalized spacial score (nSPS) is 11.3. The van der Waals surface area contributed by atoms with E-state index < -0.39 is 5.41 Å². The van der Waals surface area contributed by atoms with Gasteiger partial charge in [-0.3, -0.25) is 4.57 Å². The van der Waals surface area contributed by atoms with Gasteiger partial charge in [-0.2, -0.15) is 10.5 Å². The monoisotopic (exact) mass is 486 g/mol. The van der Waals surface area contributed by atoms with Crippen LogP contribution in [0.4, 0.5) is 11.6 Å². The van der Waals surface area contributed by atoms with Crippen molar-refractivity contribution in [3.63, 3.8) is 0 Å². The number of nitrogens with zero attached hydrogens (tertiary/aromatic N) is 10. The lowest BCUT2D eigenvalue weighted by Gasteiger charge is -2.27. The Labute approximate surface area is 214 Å². The second-order valence-corrected chi connectivity index (χ2v) is 9.88. The molecule has 0 spiro atoms. The van der Waals surface area contributed by atoms with Crippen molar-refractivity contribution < 1.29 is 0 Å². The van der Waals surface area contributed by atoms with Crippen LogP contribution in [0.3, 0.4) is 0 Å². The van der Waals surface area contributed by atoms with E-state index >= 15 is 0 Å². The van der Waals surface area contributed by atoms with Crippen molar-refractivity contribution in [3.8, 4) is 23.8 Å². The minimum absolute atomic E-state index is 0.0264. The predicted molar refractivity (Wildman–Crippen MR) is 135 cm³/mol. The highest BCUT2D eigenvalue weighted by atomic mass is 15.2. The van der Waals surface area contributed by atoms with Gasteiger partial charge >= 0.3 is 0 Å². The Morgan fingerprint density at radius 3 is 2.16 bits per heavy atom. The molecular formula is C27H22N10. The predicted octanol–water partition coefficient (Wildman–Crippen LogP) is 5.32. The van der Waals surface area contributed by atoms with Crippen LogP contribution in [-0.2, 0) is 10.8 Å². The Bertz CT molecular complexity index is 1680. The van der Waals surface area contributed by atoms with Crippen LogP contribution in [0.1, 0.15) is 63.0 Å². The largest absolute Gasteiger partial charge is 0.373 e. The number of rotatable bonds is 4. The molecule has 0 fully saturated rings. The van der Waals surface area contributed by atoms with E-state index in [1.807, 2.05) is 50.3 Å². The van der Waals surface area contributed by atoms with Gasteiger partial charge in [0.05, 0.1) is 11.4 Å². The Hall–Kier alpha value is -5.32. The molecule has 0 aromatic carbocycles. The SMILES string of the molecule is [C-]#[N+]c1ncn(-c2cc(C(C)(C)C)cc(C(C)(C)c3cccc(-n4cnc(C#N)c4C#N)n3)n2)c1[N+]#[C-]. The molecular weight excluding hydrogens is 464 g/mol. The van der Waals surface area contributed by atoms with Crippen molar-refractivity contribution in [1.29, 1.82) is 10.5 Å². The van der Waals surface area contributed by atoms with E-state index in [2.05, 4.69) is 40.4 Å². The summed E-state index contributed by atoms with van der Waals surface area (Å²) in [4.78, 5) is 24.7. The second kappa shape index (κ2) is 9.04. The number of hydrogen-bond donors (Lipinski definition) is 0. The smallest absolute Gasteiger partial charge is 0.293 e. The van der Waals surface area contributed by atoms with Crippen molar-refractivity contribution in [2.24, 2.45) is 0 Å². The molecule has 0 atom stereocenters. The maximum atomic E-state index is 9.55. The zero-order chi connectivity index (χ0) is 27.0. The average molecular weight is 487 g/mol. The molecule has 0 radical (unpaired) electrons. The van der Waals surface area contributed by atoms with Crippen LogP contribution >= 0.6 is 0 Å². The van der Waals surface area contributed by atoms with E-state index in [9.17, 15) is 10.5 Å². The number of pyridine rings is 2. The van der Waals surface area contributed by atoms with Crippen LogP contribution in [0, 0.1) is 35.8 Å². The van der Waals surface area contributed by atoms with E-state index in [1.165, 1.54) is 21.8 Å². The molecule has 37 heavy (non-hydrogen) atoms. The van der Waals surface area contributed by atoms with E-state index in [1.54, 1.807) is 6.07 Å². The van der Waals surface area contributed by atoms with Crippen LogP contribution in [0.5, 0.6) is 0 Å². The van der Waals surface area contributed by atoms with Gasteiger partial charge in [0.2, 0.25) is 5.82 Å². The van der Waals surface area contributed by atoms with Gasteiger partial charge in [-0.15, -0.1) is 0 Å². The molecule has 10 nitrogen and oxygen atoms in total. The number of hydrogen-bond acceptors (Lipinski definition) is 6. The van der Waals surface area contributed by atoms with Crippen LogP contribution in [0.25, 0.3) is 21.3 Å². The number of aromatic nitrogens is 6. The minimum atomic E-state index is -0.695. The maximum Gasteiger partial charge on any atom is 0.293 e. The molecule has 0 unspecified atom stereocenters. The number of nitriles is 2. The maximum absolute atomic E-state index is 9.55. The first kappa shape index (κ1) is 24.8. The Kier molecular flexibility index (Phi) is 6.06. The van der Waals surface area contributed by atoms with E-state index in [-0.39, 0.29) is 28.4 Å². The molecule has 0 saturated carbocycles. The van der Waals surface area contributed by atoms with Gasteiger partial charge in [0.15, 0.2) is 11.4 Å². The lowest BCUT2D eigenvalue weighted by Crippen LogP contribution is -2.25. The van der Waals surface area contributed by atoms with Crippen LogP contribution < -0.4 is 0 Å². The first-order chi connectivity index (χ1) is 17.5. The highest BCUT2D eigenvalue weighted by molar-refractivity contribution is 5.65. The summed E-state index contributed by atoms with van der Waals surface area (Å²) in [5.74, 6) is 1.07. The third kappa shape index (κ3) is 4.29. The molecule has 0 bridgehead atoms. The fourth-order valence-electron chi connectivity index (χ4n) is 3.82. The van der Waals surface area contributed by atoms with Gasteiger partial charge in [0.1, 0.15) is 24.3 Å². The summed E-state index contributed by atoms with van der Waals surface area (Å²) < 4.78 is 3.02.